The van der Waals surface area contributed by atoms with Crippen molar-refractivity contribution in [1.29, 1.82) is 0 Å². The van der Waals surface area contributed by atoms with Crippen molar-refractivity contribution in [3.05, 3.63) is 141 Å². The SMILES string of the molecule is CC(C)(C)C(=Nc1ccc(-c2ccccn2)cc1Br)C1CC(C(=Nc2ccc(-c3ccccn3)cc2Br)C(C)(C)C)CC(C(=Nc2ccc(-c3ccccn3)cc2Br)C(C)(C)C)C1. The summed E-state index contributed by atoms with van der Waals surface area (Å²) in [6.07, 6.45) is 8.28. The second-order valence-electron chi connectivity index (χ2n) is 19.7. The molecule has 0 unspecified atom stereocenters. The summed E-state index contributed by atoms with van der Waals surface area (Å²) < 4.78 is 2.84. The first kappa shape index (κ1) is 46.5. The molecule has 0 saturated heterocycles. The summed E-state index contributed by atoms with van der Waals surface area (Å²) in [5.41, 5.74) is 11.6. The van der Waals surface area contributed by atoms with Gasteiger partial charge in [0.05, 0.1) is 34.1 Å². The minimum Gasteiger partial charge on any atom is -0.256 e. The van der Waals surface area contributed by atoms with Gasteiger partial charge in [0.2, 0.25) is 0 Å². The Morgan fingerprint density at radius 2 is 0.683 bits per heavy atom. The molecule has 0 spiro atoms. The fourth-order valence-corrected chi connectivity index (χ4v) is 10.3. The third-order valence-corrected chi connectivity index (χ3v) is 13.5. The molecule has 324 valence electrons. The van der Waals surface area contributed by atoms with E-state index in [1.165, 1.54) is 17.1 Å². The third-order valence-electron chi connectivity index (χ3n) is 11.6. The van der Waals surface area contributed by atoms with E-state index in [1.807, 2.05) is 73.2 Å². The van der Waals surface area contributed by atoms with Crippen LogP contribution < -0.4 is 0 Å². The van der Waals surface area contributed by atoms with Gasteiger partial charge in [-0.05, 0) is 158 Å². The molecule has 63 heavy (non-hydrogen) atoms. The van der Waals surface area contributed by atoms with Crippen LogP contribution in [0.4, 0.5) is 17.1 Å². The monoisotopic (exact) mass is 1030 g/mol. The smallest absolute Gasteiger partial charge is 0.0771 e. The summed E-state index contributed by atoms with van der Waals surface area (Å²) in [6.45, 7) is 20.7. The van der Waals surface area contributed by atoms with Gasteiger partial charge in [0, 0.05) is 82.1 Å². The summed E-state index contributed by atoms with van der Waals surface area (Å²) in [6, 6.07) is 37.2. The molecule has 0 radical (unpaired) electrons. The Kier molecular flexibility index (Phi) is 14.3. The molecule has 3 aromatic carbocycles. The molecular formula is C54H57Br3N6. The van der Waals surface area contributed by atoms with Crippen LogP contribution in [0.1, 0.15) is 81.6 Å². The Balaban J connectivity index is 1.35. The van der Waals surface area contributed by atoms with Crippen LogP contribution in [0.2, 0.25) is 0 Å². The molecule has 1 fully saturated rings. The second-order valence-corrected chi connectivity index (χ2v) is 22.2. The molecule has 6 aromatic rings. The fourth-order valence-electron chi connectivity index (χ4n) is 8.86. The van der Waals surface area contributed by atoms with Gasteiger partial charge in [-0.1, -0.05) is 98.7 Å². The molecule has 1 saturated carbocycles. The molecule has 0 amide bonds. The third kappa shape index (κ3) is 11.5. The number of aromatic nitrogens is 3. The molecule has 0 aliphatic heterocycles. The highest BCUT2D eigenvalue weighted by Gasteiger charge is 2.43. The first-order valence-corrected chi connectivity index (χ1v) is 24.1. The molecular weight excluding hydrogens is 972 g/mol. The number of benzene rings is 3. The zero-order valence-corrected chi connectivity index (χ0v) is 42.6. The quantitative estimate of drug-likeness (QED) is 0.135. The van der Waals surface area contributed by atoms with Gasteiger partial charge in [0.25, 0.3) is 0 Å². The maximum absolute atomic E-state index is 5.62. The average Bonchev–Trinajstić information content (AvgIpc) is 3.24. The molecule has 1 aliphatic carbocycles. The predicted molar refractivity (Wildman–Crippen MR) is 276 cm³/mol. The molecule has 0 bridgehead atoms. The Bertz CT molecular complexity index is 2340. The van der Waals surface area contributed by atoms with E-state index in [0.717, 1.165) is 83.5 Å². The normalized spacial score (nSPS) is 18.1. The summed E-state index contributed by atoms with van der Waals surface area (Å²) in [5.74, 6) is 0.462. The van der Waals surface area contributed by atoms with Gasteiger partial charge in [0.15, 0.2) is 0 Å². The highest BCUT2D eigenvalue weighted by molar-refractivity contribution is 9.11. The van der Waals surface area contributed by atoms with E-state index < -0.39 is 0 Å². The Labute approximate surface area is 399 Å². The first-order chi connectivity index (χ1) is 29.8. The highest BCUT2D eigenvalue weighted by atomic mass is 79.9. The number of hydrogen-bond donors (Lipinski definition) is 0. The number of rotatable bonds is 9. The van der Waals surface area contributed by atoms with Crippen LogP contribution >= 0.6 is 47.8 Å². The maximum Gasteiger partial charge on any atom is 0.0771 e. The predicted octanol–water partition coefficient (Wildman–Crippen LogP) is 16.9. The van der Waals surface area contributed by atoms with Crippen molar-refractivity contribution in [3.8, 4) is 33.8 Å². The standard InChI is InChI=1S/C54H57Br3N6/c1-52(2,3)49(61-46-22-19-34(31-40(46)55)43-16-10-13-25-58-43)37-28-38(50(53(4,5)6)62-47-23-20-35(32-41(47)56)44-17-11-14-26-59-44)30-39(29-37)51(54(7,8)9)63-48-24-21-36(33-42(48)57)45-18-12-15-27-60-45/h10-27,31-33,37-39H,28-30H2,1-9H3. The van der Waals surface area contributed by atoms with Gasteiger partial charge in [-0.15, -0.1) is 0 Å². The molecule has 0 N–H and O–H groups in total. The molecule has 0 atom stereocenters. The first-order valence-electron chi connectivity index (χ1n) is 21.7. The number of aliphatic imine (C=N–C) groups is 3. The van der Waals surface area contributed by atoms with Crippen molar-refractivity contribution in [2.75, 3.05) is 0 Å². The zero-order valence-electron chi connectivity index (χ0n) is 37.8. The lowest BCUT2D eigenvalue weighted by molar-refractivity contribution is 0.301. The van der Waals surface area contributed by atoms with Crippen molar-refractivity contribution in [1.82, 2.24) is 15.0 Å². The topological polar surface area (TPSA) is 75.8 Å². The lowest BCUT2D eigenvalue weighted by Gasteiger charge is -2.43. The zero-order chi connectivity index (χ0) is 45.1. The highest BCUT2D eigenvalue weighted by Crippen LogP contribution is 2.47. The van der Waals surface area contributed by atoms with Gasteiger partial charge >= 0.3 is 0 Å². The number of hydrogen-bond acceptors (Lipinski definition) is 6. The van der Waals surface area contributed by atoms with E-state index in [2.05, 4.69) is 180 Å². The van der Waals surface area contributed by atoms with Crippen LogP contribution in [0.15, 0.2) is 156 Å². The van der Waals surface area contributed by atoms with Crippen molar-refractivity contribution in [2.45, 2.75) is 81.6 Å². The van der Waals surface area contributed by atoms with Crippen LogP contribution in [-0.2, 0) is 0 Å². The minimum atomic E-state index is -0.219. The summed E-state index contributed by atoms with van der Waals surface area (Å²) in [4.78, 5) is 30.6. The van der Waals surface area contributed by atoms with Gasteiger partial charge in [-0.3, -0.25) is 29.9 Å². The van der Waals surface area contributed by atoms with Crippen molar-refractivity contribution < 1.29 is 0 Å². The summed E-state index contributed by atoms with van der Waals surface area (Å²) >= 11 is 11.8. The second kappa shape index (κ2) is 19.3. The largest absolute Gasteiger partial charge is 0.256 e. The van der Waals surface area contributed by atoms with Gasteiger partial charge in [0.1, 0.15) is 0 Å². The van der Waals surface area contributed by atoms with E-state index in [0.29, 0.717) is 0 Å². The lowest BCUT2D eigenvalue weighted by Crippen LogP contribution is -2.43. The Morgan fingerprint density at radius 1 is 0.413 bits per heavy atom. The maximum atomic E-state index is 5.62. The number of nitrogens with zero attached hydrogens (tertiary/aromatic N) is 6. The fraction of sp³-hybridized carbons (Fsp3) is 0.333. The van der Waals surface area contributed by atoms with Gasteiger partial charge in [-0.2, -0.15) is 0 Å². The van der Waals surface area contributed by atoms with Gasteiger partial charge in [-0.25, -0.2) is 0 Å². The molecule has 6 nitrogen and oxygen atoms in total. The van der Waals surface area contributed by atoms with Crippen LogP contribution in [-0.4, -0.2) is 32.1 Å². The Morgan fingerprint density at radius 3 is 0.889 bits per heavy atom. The summed E-state index contributed by atoms with van der Waals surface area (Å²) in [5, 5.41) is 0. The van der Waals surface area contributed by atoms with Crippen molar-refractivity contribution >= 4 is 82.0 Å². The van der Waals surface area contributed by atoms with Crippen molar-refractivity contribution in [2.24, 2.45) is 49.0 Å². The van der Waals surface area contributed by atoms with Crippen molar-refractivity contribution in [3.63, 3.8) is 0 Å². The molecule has 1 aliphatic rings. The summed E-state index contributed by atoms with van der Waals surface area (Å²) in [7, 11) is 0. The molecule has 3 aromatic heterocycles. The van der Waals surface area contributed by atoms with E-state index in [4.69, 9.17) is 15.0 Å². The molecule has 7 rings (SSSR count). The van der Waals surface area contributed by atoms with Crippen LogP contribution in [0, 0.1) is 34.0 Å². The lowest BCUT2D eigenvalue weighted by atomic mass is 9.62. The van der Waals surface area contributed by atoms with E-state index >= 15 is 0 Å². The van der Waals surface area contributed by atoms with E-state index in [-0.39, 0.29) is 34.0 Å². The van der Waals surface area contributed by atoms with Crippen LogP contribution in [0.25, 0.3) is 33.8 Å². The van der Waals surface area contributed by atoms with Gasteiger partial charge < -0.3 is 0 Å². The molecule has 3 heterocycles. The minimum absolute atomic E-state index is 0.154. The average molecular weight is 1030 g/mol. The number of pyridine rings is 3. The molecule has 9 heteroatoms. The van der Waals surface area contributed by atoms with Crippen LogP contribution in [0.3, 0.4) is 0 Å². The Hall–Kier alpha value is -4.44. The number of halogens is 3. The van der Waals surface area contributed by atoms with Crippen LogP contribution in [0.5, 0.6) is 0 Å². The van der Waals surface area contributed by atoms with E-state index in [1.54, 1.807) is 0 Å². The van der Waals surface area contributed by atoms with E-state index in [9.17, 15) is 0 Å².